The molecule has 0 bridgehead atoms. The van der Waals surface area contributed by atoms with Crippen molar-refractivity contribution in [2.24, 2.45) is 0 Å². The lowest BCUT2D eigenvalue weighted by Gasteiger charge is -2.35. The third kappa shape index (κ3) is 5.60. The molecule has 2 aromatic carbocycles. The summed E-state index contributed by atoms with van der Waals surface area (Å²) in [6.07, 6.45) is 8.73. The van der Waals surface area contributed by atoms with Crippen LogP contribution in [0.15, 0.2) is 48.0 Å². The van der Waals surface area contributed by atoms with E-state index >= 15 is 0 Å². The lowest BCUT2D eigenvalue weighted by atomic mass is 9.96. The summed E-state index contributed by atoms with van der Waals surface area (Å²) in [5, 5.41) is 4.94. The monoisotopic (exact) mass is 486 g/mol. The van der Waals surface area contributed by atoms with Gasteiger partial charge in [0.25, 0.3) is 5.91 Å². The van der Waals surface area contributed by atoms with Crippen molar-refractivity contribution in [3.05, 3.63) is 48.0 Å². The van der Waals surface area contributed by atoms with Gasteiger partial charge in [-0.25, -0.2) is 9.59 Å². The summed E-state index contributed by atoms with van der Waals surface area (Å²) < 4.78 is 19.4. The van der Waals surface area contributed by atoms with Crippen LogP contribution in [0.1, 0.15) is 32.1 Å². The van der Waals surface area contributed by atoms with Crippen molar-refractivity contribution in [1.82, 2.24) is 10.0 Å². The van der Waals surface area contributed by atoms with Crippen molar-refractivity contribution < 1.29 is 28.0 Å². The Balaban J connectivity index is 1.48. The van der Waals surface area contributed by atoms with Crippen LogP contribution in [0.3, 0.4) is 0 Å². The Bertz CT molecular complexity index is 1130. The summed E-state index contributed by atoms with van der Waals surface area (Å²) in [6, 6.07) is 11.1. The van der Waals surface area contributed by atoms with Crippen LogP contribution in [-0.4, -0.2) is 49.6 Å². The van der Waals surface area contributed by atoms with Gasteiger partial charge in [-0.05, 0) is 24.3 Å². The van der Waals surface area contributed by atoms with Gasteiger partial charge in [-0.15, -0.1) is 0 Å². The largest absolute Gasteiger partial charge is 0.419 e. The number of carbonyl (C=O) groups excluding carboxylic acids is 3. The normalized spacial score (nSPS) is 21.1. The number of nitrogens with one attached hydrogen (secondary N) is 2. The van der Waals surface area contributed by atoms with Crippen LogP contribution in [0, 0.1) is 0 Å². The van der Waals surface area contributed by atoms with Gasteiger partial charge in [-0.3, -0.25) is 9.52 Å². The van der Waals surface area contributed by atoms with Crippen molar-refractivity contribution >= 4 is 39.1 Å². The number of fused-ring (bicyclic) bond motifs is 3. The Labute approximate surface area is 200 Å². The van der Waals surface area contributed by atoms with E-state index in [1.54, 1.807) is 24.3 Å². The first-order valence-corrected chi connectivity index (χ1v) is 13.6. The number of amides is 1. The van der Waals surface area contributed by atoms with Crippen LogP contribution >= 0.6 is 10.5 Å². The molecule has 2 N–H and O–H groups in total. The minimum absolute atomic E-state index is 0.105. The standard InChI is InChI=1S/C25H30N2O6S/c1-31-34(2,15-14-26-18-9-4-3-5-10-18)27-24(29)20-16-22(28)32-21-13-12-17-8-6-7-11-19(17)23(21)33-25(20)30/h6-8,11-13,16,18,26H,3-5,9-10,14-15H2,1-2H3,(H,27,29)/b20-16-. The van der Waals surface area contributed by atoms with Gasteiger partial charge in [0.15, 0.2) is 11.5 Å². The van der Waals surface area contributed by atoms with Crippen molar-refractivity contribution in [2.45, 2.75) is 38.1 Å². The van der Waals surface area contributed by atoms with Gasteiger partial charge >= 0.3 is 11.9 Å². The van der Waals surface area contributed by atoms with E-state index in [1.165, 1.54) is 26.4 Å². The van der Waals surface area contributed by atoms with E-state index in [0.29, 0.717) is 23.7 Å². The van der Waals surface area contributed by atoms with Gasteiger partial charge in [-0.2, -0.15) is 0 Å². The second kappa shape index (κ2) is 10.6. The molecule has 1 fully saturated rings. The van der Waals surface area contributed by atoms with Crippen LogP contribution in [-0.2, 0) is 18.6 Å². The van der Waals surface area contributed by atoms with E-state index in [0.717, 1.165) is 24.3 Å². The van der Waals surface area contributed by atoms with E-state index in [-0.39, 0.29) is 11.5 Å². The molecule has 0 radical (unpaired) electrons. The first-order chi connectivity index (χ1) is 16.4. The molecule has 182 valence electrons. The minimum Gasteiger partial charge on any atom is -0.419 e. The average Bonchev–Trinajstić information content (AvgIpc) is 2.83. The van der Waals surface area contributed by atoms with Gasteiger partial charge in [0.1, 0.15) is 5.57 Å². The smallest absolute Gasteiger partial charge is 0.349 e. The zero-order chi connectivity index (χ0) is 24.1. The van der Waals surface area contributed by atoms with Crippen molar-refractivity contribution in [1.29, 1.82) is 0 Å². The molecule has 1 amide bonds. The molecule has 1 saturated carbocycles. The average molecular weight is 487 g/mol. The quantitative estimate of drug-likeness (QED) is 0.351. The highest BCUT2D eigenvalue weighted by molar-refractivity contribution is 8.28. The van der Waals surface area contributed by atoms with Crippen LogP contribution in [0.4, 0.5) is 0 Å². The molecule has 1 aliphatic carbocycles. The number of hydrogen-bond donors (Lipinski definition) is 2. The highest BCUT2D eigenvalue weighted by Gasteiger charge is 2.31. The Kier molecular flexibility index (Phi) is 7.55. The number of hydrogen-bond acceptors (Lipinski definition) is 7. The summed E-state index contributed by atoms with van der Waals surface area (Å²) in [5.74, 6) is -1.70. The number of carbonyl (C=O) groups is 3. The van der Waals surface area contributed by atoms with Crippen molar-refractivity contribution in [3.8, 4) is 11.5 Å². The minimum atomic E-state index is -2.05. The summed E-state index contributed by atoms with van der Waals surface area (Å²) in [6.45, 7) is 0.676. The topological polar surface area (TPSA) is 103 Å². The van der Waals surface area contributed by atoms with Crippen LogP contribution < -0.4 is 19.5 Å². The predicted octanol–water partition coefficient (Wildman–Crippen LogP) is 3.54. The van der Waals surface area contributed by atoms with Gasteiger partial charge < -0.3 is 19.0 Å². The molecule has 0 aromatic heterocycles. The Morgan fingerprint density at radius 3 is 2.62 bits per heavy atom. The van der Waals surface area contributed by atoms with E-state index in [2.05, 4.69) is 10.0 Å². The van der Waals surface area contributed by atoms with Crippen LogP contribution in [0.5, 0.6) is 11.5 Å². The van der Waals surface area contributed by atoms with E-state index in [1.807, 2.05) is 18.4 Å². The van der Waals surface area contributed by atoms with Gasteiger partial charge in [0.2, 0.25) is 0 Å². The maximum absolute atomic E-state index is 13.1. The number of rotatable bonds is 7. The molecule has 1 unspecified atom stereocenters. The second-order valence-corrected chi connectivity index (χ2v) is 11.5. The lowest BCUT2D eigenvalue weighted by molar-refractivity contribution is -0.136. The van der Waals surface area contributed by atoms with Gasteiger partial charge in [0, 0.05) is 36.1 Å². The predicted molar refractivity (Wildman–Crippen MR) is 132 cm³/mol. The van der Waals surface area contributed by atoms with E-state index < -0.39 is 33.9 Å². The maximum atomic E-state index is 13.1. The zero-order valence-corrected chi connectivity index (χ0v) is 20.2. The molecule has 4 rings (SSSR count). The third-order valence-electron chi connectivity index (χ3n) is 6.18. The summed E-state index contributed by atoms with van der Waals surface area (Å²) in [7, 11) is -0.521. The lowest BCUT2D eigenvalue weighted by Crippen LogP contribution is -2.39. The fraction of sp³-hybridized carbons (Fsp3) is 0.400. The molecule has 34 heavy (non-hydrogen) atoms. The van der Waals surface area contributed by atoms with E-state index in [4.69, 9.17) is 13.7 Å². The SMILES string of the molecule is COS(C)(CCNC1CCCCC1)NC(=O)/C1=C/C(=O)Oc2ccc3ccccc3c2OC1=O. The van der Waals surface area contributed by atoms with Crippen LogP contribution in [0.2, 0.25) is 0 Å². The zero-order valence-electron chi connectivity index (χ0n) is 19.4. The summed E-state index contributed by atoms with van der Waals surface area (Å²) >= 11 is 0. The Hall–Kier alpha value is -2.88. The second-order valence-electron chi connectivity index (χ2n) is 8.58. The van der Waals surface area contributed by atoms with Gasteiger partial charge in [-0.1, -0.05) is 60.1 Å². The van der Waals surface area contributed by atoms with Crippen molar-refractivity contribution in [2.75, 3.05) is 25.7 Å². The first kappa shape index (κ1) is 24.3. The number of benzene rings is 2. The maximum Gasteiger partial charge on any atom is 0.349 e. The molecule has 9 heteroatoms. The fourth-order valence-corrected chi connectivity index (χ4v) is 5.58. The first-order valence-electron chi connectivity index (χ1n) is 11.4. The van der Waals surface area contributed by atoms with Crippen molar-refractivity contribution in [3.63, 3.8) is 0 Å². The molecule has 0 spiro atoms. The summed E-state index contributed by atoms with van der Waals surface area (Å²) in [5.41, 5.74) is -0.431. The molecule has 2 aromatic rings. The van der Waals surface area contributed by atoms with E-state index in [9.17, 15) is 14.4 Å². The molecule has 1 aliphatic heterocycles. The Morgan fingerprint density at radius 1 is 1.09 bits per heavy atom. The molecule has 1 heterocycles. The number of esters is 2. The fourth-order valence-electron chi connectivity index (χ4n) is 4.22. The summed E-state index contributed by atoms with van der Waals surface area (Å²) in [4.78, 5) is 38.5. The molecule has 0 saturated heterocycles. The third-order valence-corrected chi connectivity index (χ3v) is 8.52. The molecule has 1 atom stereocenters. The van der Waals surface area contributed by atoms with Crippen LogP contribution in [0.25, 0.3) is 10.8 Å². The Morgan fingerprint density at radius 2 is 1.85 bits per heavy atom. The highest BCUT2D eigenvalue weighted by Crippen LogP contribution is 2.40. The number of ether oxygens (including phenoxy) is 2. The molecule has 2 aliphatic rings. The highest BCUT2D eigenvalue weighted by atomic mass is 32.3. The molecule has 8 nitrogen and oxygen atoms in total. The molecular weight excluding hydrogens is 456 g/mol. The molecular formula is C25H30N2O6S. The van der Waals surface area contributed by atoms with Gasteiger partial charge in [0.05, 0.1) is 7.11 Å².